The summed E-state index contributed by atoms with van der Waals surface area (Å²) in [5, 5.41) is 9.85. The van der Waals surface area contributed by atoms with Gasteiger partial charge in [0.25, 0.3) is 0 Å². The maximum Gasteiger partial charge on any atom is 0.225 e. The van der Waals surface area contributed by atoms with Gasteiger partial charge in [-0.1, -0.05) is 6.07 Å². The van der Waals surface area contributed by atoms with E-state index in [1.54, 1.807) is 0 Å². The number of hydrogen-bond donors (Lipinski definition) is 1. The third-order valence-electron chi connectivity index (χ3n) is 6.86. The Kier molecular flexibility index (Phi) is 4.30. The SMILES string of the molecule is Cc1ccc(OC2CCC3(CC2)CN(C(=O)C2CC(C)(O)C2)C3)cc1C. The molecular formula is C22H31NO3. The Labute approximate surface area is 156 Å². The number of aliphatic hydroxyl groups is 1. The predicted molar refractivity (Wildman–Crippen MR) is 101 cm³/mol. The Morgan fingerprint density at radius 3 is 2.38 bits per heavy atom. The lowest BCUT2D eigenvalue weighted by Gasteiger charge is -2.55. The smallest absolute Gasteiger partial charge is 0.225 e. The highest BCUT2D eigenvalue weighted by molar-refractivity contribution is 5.81. The number of carbonyl (C=O) groups excluding carboxylic acids is 1. The van der Waals surface area contributed by atoms with Crippen LogP contribution in [0.15, 0.2) is 18.2 Å². The molecule has 26 heavy (non-hydrogen) atoms. The average Bonchev–Trinajstić information content (AvgIpc) is 2.54. The van der Waals surface area contributed by atoms with Gasteiger partial charge in [0, 0.05) is 24.4 Å². The molecule has 1 aliphatic heterocycles. The Balaban J connectivity index is 1.24. The molecule has 4 nitrogen and oxygen atoms in total. The molecule has 142 valence electrons. The molecule has 1 saturated heterocycles. The molecular weight excluding hydrogens is 326 g/mol. The van der Waals surface area contributed by atoms with Crippen LogP contribution in [0.25, 0.3) is 0 Å². The second-order valence-electron chi connectivity index (χ2n) is 9.36. The third kappa shape index (κ3) is 3.36. The zero-order valence-electron chi connectivity index (χ0n) is 16.3. The van der Waals surface area contributed by atoms with Crippen molar-refractivity contribution in [1.29, 1.82) is 0 Å². The molecule has 0 aromatic heterocycles. The summed E-state index contributed by atoms with van der Waals surface area (Å²) in [6.45, 7) is 7.88. The number of likely N-dealkylation sites (tertiary alicyclic amines) is 1. The van der Waals surface area contributed by atoms with Gasteiger partial charge < -0.3 is 14.7 Å². The molecule has 1 heterocycles. The minimum Gasteiger partial charge on any atom is -0.490 e. The van der Waals surface area contributed by atoms with Crippen molar-refractivity contribution >= 4 is 5.91 Å². The summed E-state index contributed by atoms with van der Waals surface area (Å²) in [5.74, 6) is 1.29. The van der Waals surface area contributed by atoms with Crippen LogP contribution in [-0.2, 0) is 4.79 Å². The molecule has 2 aliphatic carbocycles. The highest BCUT2D eigenvalue weighted by atomic mass is 16.5. The lowest BCUT2D eigenvalue weighted by atomic mass is 9.66. The van der Waals surface area contributed by atoms with Crippen molar-refractivity contribution in [3.8, 4) is 5.75 Å². The minimum absolute atomic E-state index is 0.0480. The van der Waals surface area contributed by atoms with Crippen molar-refractivity contribution in [1.82, 2.24) is 4.90 Å². The highest BCUT2D eigenvalue weighted by Crippen LogP contribution is 2.47. The van der Waals surface area contributed by atoms with Crippen LogP contribution in [0.3, 0.4) is 0 Å². The number of aryl methyl sites for hydroxylation is 2. The van der Waals surface area contributed by atoms with Crippen LogP contribution in [0, 0.1) is 25.2 Å². The molecule has 1 aromatic rings. The minimum atomic E-state index is -0.618. The second kappa shape index (κ2) is 6.26. The number of ether oxygens (including phenoxy) is 1. The van der Waals surface area contributed by atoms with Gasteiger partial charge in [-0.25, -0.2) is 0 Å². The summed E-state index contributed by atoms with van der Waals surface area (Å²) in [6.07, 6.45) is 6.00. The monoisotopic (exact) mass is 357 g/mol. The Hall–Kier alpha value is -1.55. The predicted octanol–water partition coefficient (Wildman–Crippen LogP) is 3.61. The third-order valence-corrected chi connectivity index (χ3v) is 6.86. The summed E-state index contributed by atoms with van der Waals surface area (Å²) in [6, 6.07) is 6.34. The summed E-state index contributed by atoms with van der Waals surface area (Å²) >= 11 is 0. The molecule has 3 aliphatic rings. The topological polar surface area (TPSA) is 49.8 Å². The molecule has 3 fully saturated rings. The normalized spacial score (nSPS) is 30.6. The molecule has 0 radical (unpaired) electrons. The quantitative estimate of drug-likeness (QED) is 0.899. The van der Waals surface area contributed by atoms with Gasteiger partial charge in [-0.2, -0.15) is 0 Å². The van der Waals surface area contributed by atoms with Crippen molar-refractivity contribution in [2.45, 2.75) is 71.0 Å². The van der Waals surface area contributed by atoms with E-state index in [2.05, 4.69) is 32.0 Å². The lowest BCUT2D eigenvalue weighted by Crippen LogP contribution is -2.63. The zero-order valence-corrected chi connectivity index (χ0v) is 16.3. The van der Waals surface area contributed by atoms with E-state index in [1.165, 1.54) is 11.1 Å². The van der Waals surface area contributed by atoms with Crippen LogP contribution < -0.4 is 4.74 Å². The van der Waals surface area contributed by atoms with E-state index in [0.29, 0.717) is 24.4 Å². The Morgan fingerprint density at radius 1 is 1.15 bits per heavy atom. The van der Waals surface area contributed by atoms with Crippen LogP contribution in [0.1, 0.15) is 56.6 Å². The van der Waals surface area contributed by atoms with Gasteiger partial charge in [0.15, 0.2) is 0 Å². The van der Waals surface area contributed by atoms with E-state index >= 15 is 0 Å². The fraction of sp³-hybridized carbons (Fsp3) is 0.682. The summed E-state index contributed by atoms with van der Waals surface area (Å²) in [4.78, 5) is 14.5. The molecule has 4 rings (SSSR count). The second-order valence-corrected chi connectivity index (χ2v) is 9.36. The maximum atomic E-state index is 12.5. The molecule has 2 saturated carbocycles. The number of hydrogen-bond acceptors (Lipinski definition) is 3. The average molecular weight is 357 g/mol. The number of benzene rings is 1. The summed E-state index contributed by atoms with van der Waals surface area (Å²) < 4.78 is 6.21. The van der Waals surface area contributed by atoms with Gasteiger partial charge in [-0.3, -0.25) is 4.79 Å². The molecule has 0 unspecified atom stereocenters. The number of carbonyl (C=O) groups is 1. The first kappa shape index (κ1) is 17.8. The van der Waals surface area contributed by atoms with Crippen LogP contribution in [0.5, 0.6) is 5.75 Å². The van der Waals surface area contributed by atoms with Crippen LogP contribution in [-0.4, -0.2) is 40.7 Å². The van der Waals surface area contributed by atoms with Crippen molar-refractivity contribution in [2.24, 2.45) is 11.3 Å². The lowest BCUT2D eigenvalue weighted by molar-refractivity contribution is -0.164. The first-order valence-electron chi connectivity index (χ1n) is 10.0. The van der Waals surface area contributed by atoms with Crippen molar-refractivity contribution < 1.29 is 14.6 Å². The Bertz CT molecular complexity index is 687. The van der Waals surface area contributed by atoms with Crippen molar-refractivity contribution in [3.63, 3.8) is 0 Å². The van der Waals surface area contributed by atoms with Gasteiger partial charge in [-0.15, -0.1) is 0 Å². The maximum absolute atomic E-state index is 12.5. The number of nitrogens with zero attached hydrogens (tertiary/aromatic N) is 1. The van der Waals surface area contributed by atoms with Crippen LogP contribution in [0.4, 0.5) is 0 Å². The fourth-order valence-corrected chi connectivity index (χ4v) is 4.97. The number of rotatable bonds is 3. The first-order valence-corrected chi connectivity index (χ1v) is 10.0. The van der Waals surface area contributed by atoms with Gasteiger partial charge in [-0.05, 0) is 82.6 Å². The standard InChI is InChI=1S/C22H31NO3/c1-15-4-5-19(10-16(15)2)26-18-6-8-22(9-7-18)13-23(14-22)20(24)17-11-21(3,25)12-17/h4-5,10,17-18,25H,6-9,11-14H2,1-3H3. The fourth-order valence-electron chi connectivity index (χ4n) is 4.97. The summed E-state index contributed by atoms with van der Waals surface area (Å²) in [7, 11) is 0. The first-order chi connectivity index (χ1) is 12.3. The zero-order chi connectivity index (χ0) is 18.5. The van der Waals surface area contributed by atoms with Crippen LogP contribution >= 0.6 is 0 Å². The number of amides is 1. The van der Waals surface area contributed by atoms with Gasteiger partial charge >= 0.3 is 0 Å². The van der Waals surface area contributed by atoms with E-state index < -0.39 is 5.60 Å². The molecule has 0 atom stereocenters. The largest absolute Gasteiger partial charge is 0.490 e. The van der Waals surface area contributed by atoms with Gasteiger partial charge in [0.1, 0.15) is 5.75 Å². The molecule has 1 spiro atoms. The van der Waals surface area contributed by atoms with Gasteiger partial charge in [0.2, 0.25) is 5.91 Å². The van der Waals surface area contributed by atoms with E-state index in [0.717, 1.165) is 44.5 Å². The van der Waals surface area contributed by atoms with Crippen LogP contribution in [0.2, 0.25) is 0 Å². The summed E-state index contributed by atoms with van der Waals surface area (Å²) in [5.41, 5.74) is 2.28. The molecule has 1 amide bonds. The van der Waals surface area contributed by atoms with E-state index in [9.17, 15) is 9.90 Å². The van der Waals surface area contributed by atoms with Crippen molar-refractivity contribution in [3.05, 3.63) is 29.3 Å². The molecule has 0 bridgehead atoms. The van der Waals surface area contributed by atoms with E-state index in [1.807, 2.05) is 11.8 Å². The highest BCUT2D eigenvalue weighted by Gasteiger charge is 2.51. The Morgan fingerprint density at radius 2 is 1.81 bits per heavy atom. The molecule has 1 aromatic carbocycles. The van der Waals surface area contributed by atoms with E-state index in [4.69, 9.17) is 4.74 Å². The molecule has 1 N–H and O–H groups in total. The molecule has 4 heteroatoms. The van der Waals surface area contributed by atoms with E-state index in [-0.39, 0.29) is 11.8 Å². The van der Waals surface area contributed by atoms with Gasteiger partial charge in [0.05, 0.1) is 11.7 Å². The van der Waals surface area contributed by atoms with Crippen molar-refractivity contribution in [2.75, 3.05) is 13.1 Å².